The van der Waals surface area contributed by atoms with E-state index in [9.17, 15) is 40.2 Å². The summed E-state index contributed by atoms with van der Waals surface area (Å²) in [6.45, 7) is 8.20. The number of aromatic nitrogens is 6. The molecule has 12 aromatic rings. The van der Waals surface area contributed by atoms with Crippen molar-refractivity contribution in [1.82, 2.24) is 49.5 Å². The second-order valence-electron chi connectivity index (χ2n) is 31.9. The molecule has 8 atom stereocenters. The number of rotatable bonds is 12. The fourth-order valence-electron chi connectivity index (χ4n) is 17.8. The van der Waals surface area contributed by atoms with Gasteiger partial charge in [0.15, 0.2) is 23.8 Å². The molecule has 10 aromatic heterocycles. The molecule has 34 heteroatoms. The van der Waals surface area contributed by atoms with E-state index in [2.05, 4.69) is 96.7 Å². The number of aliphatic imine (C=N–C) groups is 4. The Morgan fingerprint density at radius 3 is 1.06 bits per heavy atom. The summed E-state index contributed by atoms with van der Waals surface area (Å²) in [4.78, 5) is 117. The number of pyridine rings is 6. The number of carbonyl (C=O) groups excluding carboxylic acids is 4. The van der Waals surface area contributed by atoms with Crippen molar-refractivity contribution in [3.8, 4) is 68.8 Å². The van der Waals surface area contributed by atoms with E-state index >= 15 is 0 Å². The van der Waals surface area contributed by atoms with Crippen LogP contribution in [0.15, 0.2) is 237 Å². The van der Waals surface area contributed by atoms with Gasteiger partial charge in [0, 0.05) is 141 Å². The number of guanidine groups is 4. The molecule has 8 aliphatic heterocycles. The summed E-state index contributed by atoms with van der Waals surface area (Å²) in [7, 11) is 6.67. The van der Waals surface area contributed by atoms with Gasteiger partial charge in [0.2, 0.25) is 23.6 Å². The van der Waals surface area contributed by atoms with E-state index in [1.807, 2.05) is 134 Å². The lowest BCUT2D eigenvalue weighted by molar-refractivity contribution is -0.133. The summed E-state index contributed by atoms with van der Waals surface area (Å²) in [6.07, 6.45) is 15.4. The summed E-state index contributed by atoms with van der Waals surface area (Å²) in [5.74, 6) is 1.81. The maximum atomic E-state index is 13.3. The van der Waals surface area contributed by atoms with Gasteiger partial charge in [-0.3, -0.25) is 53.7 Å². The highest BCUT2D eigenvalue weighted by molar-refractivity contribution is 7.11. The number of thiophene rings is 4. The van der Waals surface area contributed by atoms with Crippen LogP contribution < -0.4 is 42.5 Å². The van der Waals surface area contributed by atoms with Crippen LogP contribution in [-0.4, -0.2) is 178 Å². The van der Waals surface area contributed by atoms with Crippen LogP contribution in [0.5, 0.6) is 0 Å². The number of carbonyl (C=O) groups is 4. The molecule has 20 rings (SSSR count). The molecule has 0 aliphatic carbocycles. The normalized spacial score (nSPS) is 22.6. The van der Waals surface area contributed by atoms with Gasteiger partial charge < -0.3 is 42.5 Å². The van der Waals surface area contributed by atoms with E-state index in [1.165, 1.54) is 32.0 Å². The van der Waals surface area contributed by atoms with Gasteiger partial charge in [-0.2, -0.15) is 21.0 Å². The molecule has 2 aromatic carbocycles. The van der Waals surface area contributed by atoms with E-state index < -0.39 is 22.2 Å². The van der Waals surface area contributed by atoms with Gasteiger partial charge in [0.1, 0.15) is 51.7 Å². The Kier molecular flexibility index (Phi) is 22.3. The molecular weight excluding hydrogens is 1660 g/mol. The van der Waals surface area contributed by atoms with Crippen molar-refractivity contribution in [2.45, 2.75) is 36.0 Å². The first-order valence-corrected chi connectivity index (χ1v) is 43.6. The number of fused-ring (bicyclic) bond motifs is 4. The van der Waals surface area contributed by atoms with Crippen LogP contribution in [0.25, 0.3) is 44.5 Å². The Labute approximate surface area is 742 Å². The minimum absolute atomic E-state index is 0.0275. The Bertz CT molecular complexity index is 6220. The van der Waals surface area contributed by atoms with E-state index in [1.54, 1.807) is 135 Å². The highest BCUT2D eigenvalue weighted by Crippen LogP contribution is 2.53. The minimum Gasteiger partial charge on any atom is -0.369 e. The van der Waals surface area contributed by atoms with Crippen LogP contribution in [0, 0.1) is 82.8 Å². The van der Waals surface area contributed by atoms with Crippen LogP contribution in [-0.2, 0) is 41.3 Å². The Hall–Kier alpha value is -14.9. The second-order valence-corrected chi connectivity index (χ2v) is 35.6. The van der Waals surface area contributed by atoms with Gasteiger partial charge in [-0.1, -0.05) is 42.5 Å². The number of benzene rings is 2. The number of amides is 4. The smallest absolute Gasteiger partial charge is 0.236 e. The molecule has 4 saturated heterocycles. The quantitative estimate of drug-likeness (QED) is 0.0882. The molecule has 126 heavy (non-hydrogen) atoms. The van der Waals surface area contributed by atoms with Crippen molar-refractivity contribution in [3.05, 3.63) is 270 Å². The third kappa shape index (κ3) is 15.0. The zero-order valence-corrected chi connectivity index (χ0v) is 72.4. The third-order valence-electron chi connectivity index (χ3n) is 24.5. The summed E-state index contributed by atoms with van der Waals surface area (Å²) < 4.78 is 0. The standard InChI is InChI=1S/C24H22N6OS.C23H21N7OS.C23H20N6OS.C22H19N7OS/c1-15-5-4-8-27-21(15)30-12-19-22(31)29(2)23(26)28-24(19,14-30)20-10-18(13-32-20)17-7-3-6-16(9-17)11-25;1-14-4-3-5-27-20(14)30-11-18-21(31)29(2)22(25)28-23(18,13-30)19-7-17(12-32-19)16-6-15(8-24)9-26-10-16;1-28-21(30)19-12-29(18-6-3-7-26-11-18)14-23(19,27-22(28)25)20-9-17(13-31-20)16-5-2-4-15(8-16)10-24;1-28-20(30)17-11-29(19-4-2-3-5-26-19)13-22(17,27-21(28)24)18-7-16(12-31-18)15-6-14(8-23)9-25-10-15/h3-10,13,19H,12,14H2,1-2H3,(H2,26,28);3-7,9-10,12,18H,11,13H2,1-2H3,(H2,25,28);2-9,11,13,19H,12,14H2,1H3,(H2,25,27);2-7,9-10,12,17H,11,13H2,1H3,(H2,24,27)/t19?,24-;18?,23-;19?,23-;17?,22-/m0000/s1. The van der Waals surface area contributed by atoms with E-state index in [0.717, 1.165) is 98.3 Å². The first kappa shape index (κ1) is 83.3. The number of hydrogen-bond donors (Lipinski definition) is 4. The van der Waals surface area contributed by atoms with Gasteiger partial charge in [-0.15, -0.1) is 45.3 Å². The molecule has 0 bridgehead atoms. The summed E-state index contributed by atoms with van der Waals surface area (Å²) in [5.41, 5.74) is 34.5. The molecule has 628 valence electrons. The summed E-state index contributed by atoms with van der Waals surface area (Å²) in [6, 6.07) is 53.0. The molecule has 4 amide bonds. The molecule has 4 fully saturated rings. The zero-order chi connectivity index (χ0) is 88.1. The lowest BCUT2D eigenvalue weighted by Gasteiger charge is -2.36. The van der Waals surface area contributed by atoms with E-state index in [4.69, 9.17) is 42.9 Å². The van der Waals surface area contributed by atoms with Gasteiger partial charge in [0.25, 0.3) is 0 Å². The van der Waals surface area contributed by atoms with Crippen molar-refractivity contribution in [2.24, 2.45) is 66.6 Å². The number of aryl methyl sites for hydroxylation is 2. The molecule has 0 spiro atoms. The van der Waals surface area contributed by atoms with Crippen molar-refractivity contribution < 1.29 is 19.2 Å². The largest absolute Gasteiger partial charge is 0.369 e. The number of nitriles is 4. The van der Waals surface area contributed by atoms with Crippen LogP contribution in [0.4, 0.5) is 23.1 Å². The third-order valence-corrected chi connectivity index (χ3v) is 28.9. The lowest BCUT2D eigenvalue weighted by atomic mass is 9.83. The van der Waals surface area contributed by atoms with Gasteiger partial charge in [-0.25, -0.2) is 34.9 Å². The molecule has 8 N–H and O–H groups in total. The van der Waals surface area contributed by atoms with Crippen LogP contribution in [0.1, 0.15) is 52.9 Å². The topological polar surface area (TPSA) is 420 Å². The van der Waals surface area contributed by atoms with E-state index in [-0.39, 0.29) is 71.1 Å². The Morgan fingerprint density at radius 2 is 0.698 bits per heavy atom. The first-order valence-electron chi connectivity index (χ1n) is 40.1. The van der Waals surface area contributed by atoms with Crippen LogP contribution in [0.2, 0.25) is 0 Å². The van der Waals surface area contributed by atoms with Gasteiger partial charge in [0.05, 0.1) is 89.6 Å². The molecule has 30 nitrogen and oxygen atoms in total. The van der Waals surface area contributed by atoms with Crippen molar-refractivity contribution in [2.75, 3.05) is 100 Å². The van der Waals surface area contributed by atoms with Gasteiger partial charge >= 0.3 is 0 Å². The van der Waals surface area contributed by atoms with E-state index in [0.29, 0.717) is 74.6 Å². The van der Waals surface area contributed by atoms with Crippen molar-refractivity contribution in [3.63, 3.8) is 0 Å². The van der Waals surface area contributed by atoms with Crippen LogP contribution in [0.3, 0.4) is 0 Å². The monoisotopic (exact) mass is 1740 g/mol. The number of nitrogens with two attached hydrogens (primary N) is 4. The highest BCUT2D eigenvalue weighted by Gasteiger charge is 2.61. The molecule has 18 heterocycles. The zero-order valence-electron chi connectivity index (χ0n) is 69.2. The minimum atomic E-state index is -0.791. The number of anilines is 4. The molecule has 4 unspecified atom stereocenters. The Morgan fingerprint density at radius 1 is 0.349 bits per heavy atom. The predicted molar refractivity (Wildman–Crippen MR) is 487 cm³/mol. The Balaban J connectivity index is 0.000000119. The average molecular weight is 1740 g/mol. The summed E-state index contributed by atoms with van der Waals surface area (Å²) in [5, 5.41) is 45.0. The number of hydrogen-bond acceptors (Lipinski definition) is 30. The number of nitrogens with zero attached hydrogens (tertiary/aromatic N) is 22. The second kappa shape index (κ2) is 33.7. The molecule has 8 aliphatic rings. The van der Waals surface area contributed by atoms with Crippen LogP contribution >= 0.6 is 45.3 Å². The highest BCUT2D eigenvalue weighted by atomic mass is 32.1. The maximum Gasteiger partial charge on any atom is 0.236 e. The van der Waals surface area contributed by atoms with Crippen molar-refractivity contribution in [1.29, 1.82) is 21.0 Å². The molecular formula is C92H82N26O4S4. The maximum absolute atomic E-state index is 13.3. The SMILES string of the molecule is CN1C(=O)C2CN(c3ccccn3)C[C@]2(c2cc(-c3cncc(C#N)c3)cs2)N=C1N.CN1C(=O)C2CN(c3cccnc3)C[C@]2(c2cc(-c3cccc(C#N)c3)cs2)N=C1N.Cc1cccnc1N1CC2C(=O)N(C)C(N)=N[C@@]2(c2cc(-c3cccc(C#N)c3)cs2)C1.Cc1cccnc1N1CC2C(=O)N(C)C(N)=N[C@@]2(c2cc(-c3cncc(C#N)c3)cs2)C1. The lowest BCUT2D eigenvalue weighted by Crippen LogP contribution is -2.54. The first-order chi connectivity index (χ1) is 60.9. The summed E-state index contributed by atoms with van der Waals surface area (Å²) >= 11 is 6.24. The fourth-order valence-corrected chi connectivity index (χ4v) is 22.2. The van der Waals surface area contributed by atoms with Gasteiger partial charge in [-0.05, 0) is 177 Å². The molecule has 0 saturated carbocycles. The molecule has 0 radical (unpaired) electrons. The average Bonchev–Trinajstić information content (AvgIpc) is 1.73. The fraction of sp³-hybridized carbons (Fsp3) is 0.239. The van der Waals surface area contributed by atoms with Crippen molar-refractivity contribution >= 4 is 116 Å². The predicted octanol–water partition coefficient (Wildman–Crippen LogP) is 10.6.